The normalized spacial score (nSPS) is 15.8. The number of hydrogen-bond acceptors (Lipinski definition) is 4. The molecule has 0 saturated carbocycles. The highest BCUT2D eigenvalue weighted by Gasteiger charge is 2.35. The molecule has 178 valence electrons. The van der Waals surface area contributed by atoms with Crippen molar-refractivity contribution in [1.29, 1.82) is 0 Å². The van der Waals surface area contributed by atoms with Gasteiger partial charge in [0, 0.05) is 38.8 Å². The molecule has 1 heterocycles. The highest BCUT2D eigenvalue weighted by Crippen LogP contribution is 2.37. The van der Waals surface area contributed by atoms with E-state index in [0.29, 0.717) is 24.3 Å². The number of amides is 2. The van der Waals surface area contributed by atoms with Crippen molar-refractivity contribution >= 4 is 23.2 Å². The quantitative estimate of drug-likeness (QED) is 0.682. The van der Waals surface area contributed by atoms with Gasteiger partial charge in [0.05, 0.1) is 23.7 Å². The fourth-order valence-corrected chi connectivity index (χ4v) is 3.82. The number of hydrogen-bond donors (Lipinski definition) is 2. The van der Waals surface area contributed by atoms with Crippen LogP contribution in [0.5, 0.6) is 0 Å². The van der Waals surface area contributed by atoms with Gasteiger partial charge in [0.2, 0.25) is 11.8 Å². The van der Waals surface area contributed by atoms with Gasteiger partial charge in [-0.15, -0.1) is 0 Å². The lowest BCUT2D eigenvalue weighted by Gasteiger charge is -2.34. The Balaban J connectivity index is 1.79. The molecule has 1 saturated heterocycles. The summed E-state index contributed by atoms with van der Waals surface area (Å²) in [5, 5.41) is 5.10. The second kappa shape index (κ2) is 10.2. The van der Waals surface area contributed by atoms with Crippen LogP contribution in [0.4, 0.5) is 24.5 Å². The summed E-state index contributed by atoms with van der Waals surface area (Å²) in [5.41, 5.74) is 1.01. The minimum Gasteiger partial charge on any atom is -0.369 e. The van der Waals surface area contributed by atoms with Crippen LogP contribution in [0.25, 0.3) is 0 Å². The number of nitrogens with zero attached hydrogens (tertiary/aromatic N) is 2. The first-order chi connectivity index (χ1) is 15.5. The molecule has 0 spiro atoms. The molecule has 0 radical (unpaired) electrons. The van der Waals surface area contributed by atoms with Crippen molar-refractivity contribution in [3.63, 3.8) is 0 Å². The van der Waals surface area contributed by atoms with E-state index >= 15 is 0 Å². The van der Waals surface area contributed by atoms with E-state index < -0.39 is 23.7 Å². The maximum Gasteiger partial charge on any atom is 0.418 e. The summed E-state index contributed by atoms with van der Waals surface area (Å²) in [4.78, 5) is 28.4. The highest BCUT2D eigenvalue weighted by molar-refractivity contribution is 5.92. The van der Waals surface area contributed by atoms with Crippen molar-refractivity contribution in [2.75, 3.05) is 43.4 Å². The van der Waals surface area contributed by atoms with Gasteiger partial charge >= 0.3 is 6.18 Å². The van der Waals surface area contributed by atoms with E-state index in [1.165, 1.54) is 13.0 Å². The molecular weight excluding hydrogens is 433 g/mol. The minimum absolute atomic E-state index is 0.194. The largest absolute Gasteiger partial charge is 0.418 e. The second-order valence-corrected chi connectivity index (χ2v) is 8.43. The summed E-state index contributed by atoms with van der Waals surface area (Å²) in [6, 6.07) is 10.6. The van der Waals surface area contributed by atoms with Crippen LogP contribution >= 0.6 is 0 Å². The number of alkyl halides is 3. The number of carbonyl (C=O) groups is 2. The van der Waals surface area contributed by atoms with E-state index in [1.807, 2.05) is 31.0 Å². The Morgan fingerprint density at radius 2 is 1.67 bits per heavy atom. The fraction of sp³-hybridized carbons (Fsp3) is 0.417. The molecule has 1 atom stereocenters. The third-order valence-corrected chi connectivity index (χ3v) is 5.70. The lowest BCUT2D eigenvalue weighted by atomic mass is 10.0. The molecule has 0 bridgehead atoms. The first-order valence-electron chi connectivity index (χ1n) is 10.8. The Bertz CT molecular complexity index is 984. The Hall–Kier alpha value is -3.07. The summed E-state index contributed by atoms with van der Waals surface area (Å²) < 4.78 is 41.4. The van der Waals surface area contributed by atoms with Gasteiger partial charge in [0.15, 0.2) is 0 Å². The summed E-state index contributed by atoms with van der Waals surface area (Å²) in [6.07, 6.45) is -4.82. The number of nitrogens with one attached hydrogen (secondary N) is 2. The van der Waals surface area contributed by atoms with Crippen molar-refractivity contribution in [2.45, 2.75) is 32.5 Å². The van der Waals surface area contributed by atoms with Gasteiger partial charge in [-0.05, 0) is 37.7 Å². The molecule has 33 heavy (non-hydrogen) atoms. The van der Waals surface area contributed by atoms with Crippen LogP contribution < -0.4 is 15.5 Å². The molecule has 2 aromatic rings. The molecule has 1 aliphatic heterocycles. The van der Waals surface area contributed by atoms with Crippen molar-refractivity contribution < 1.29 is 22.8 Å². The summed E-state index contributed by atoms with van der Waals surface area (Å²) >= 11 is 0. The third-order valence-electron chi connectivity index (χ3n) is 5.70. The number of halogens is 3. The Kier molecular flexibility index (Phi) is 7.63. The maximum absolute atomic E-state index is 13.8. The van der Waals surface area contributed by atoms with Gasteiger partial charge in [0.25, 0.3) is 0 Å². The first kappa shape index (κ1) is 24.6. The van der Waals surface area contributed by atoms with E-state index in [4.69, 9.17) is 0 Å². The van der Waals surface area contributed by atoms with Crippen LogP contribution in [0.15, 0.2) is 42.5 Å². The smallest absolute Gasteiger partial charge is 0.369 e. The molecule has 1 unspecified atom stereocenters. The number of likely N-dealkylation sites (N-methyl/N-ethyl adjacent to an activating group) is 1. The minimum atomic E-state index is -4.63. The van der Waals surface area contributed by atoms with Crippen molar-refractivity contribution in [1.82, 2.24) is 10.2 Å². The molecule has 2 aromatic carbocycles. The third kappa shape index (κ3) is 6.71. The van der Waals surface area contributed by atoms with Gasteiger partial charge in [-0.25, -0.2) is 0 Å². The highest BCUT2D eigenvalue weighted by atomic mass is 19.4. The molecule has 2 amide bonds. The predicted octanol–water partition coefficient (Wildman–Crippen LogP) is 3.97. The number of anilines is 2. The zero-order valence-corrected chi connectivity index (χ0v) is 19.0. The monoisotopic (exact) mass is 462 g/mol. The zero-order chi connectivity index (χ0) is 24.2. The van der Waals surface area contributed by atoms with Crippen molar-refractivity contribution in [3.8, 4) is 0 Å². The molecule has 3 rings (SSSR count). The molecule has 9 heteroatoms. The Labute approximate surface area is 191 Å². The van der Waals surface area contributed by atoms with Crippen LogP contribution in [0, 0.1) is 6.92 Å². The molecule has 6 nitrogen and oxygen atoms in total. The van der Waals surface area contributed by atoms with E-state index in [1.54, 1.807) is 18.2 Å². The molecular formula is C24H29F3N4O2. The van der Waals surface area contributed by atoms with Gasteiger partial charge in [-0.1, -0.05) is 29.8 Å². The molecule has 0 aromatic heterocycles. The fourth-order valence-electron chi connectivity index (χ4n) is 3.82. The lowest BCUT2D eigenvalue weighted by molar-refractivity contribution is -0.137. The molecule has 1 fully saturated rings. The standard InChI is InChI=1S/C24H29F3N4O2/c1-16-4-6-18(7-5-16)22(28-17(2)32)15-23(33)29-21-9-8-19(14-20(21)24(25,26)27)31-12-10-30(3)11-13-31/h4-9,14,22H,10-13,15H2,1-3H3,(H,28,32)(H,29,33). The topological polar surface area (TPSA) is 64.7 Å². The summed E-state index contributed by atoms with van der Waals surface area (Å²) in [6.45, 7) is 6.04. The first-order valence-corrected chi connectivity index (χ1v) is 10.8. The maximum atomic E-state index is 13.8. The van der Waals surface area contributed by atoms with Gasteiger partial charge in [-0.2, -0.15) is 13.2 Å². The number of benzene rings is 2. The number of carbonyl (C=O) groups excluding carboxylic acids is 2. The van der Waals surface area contributed by atoms with E-state index in [9.17, 15) is 22.8 Å². The van der Waals surface area contributed by atoms with E-state index in [0.717, 1.165) is 24.7 Å². The van der Waals surface area contributed by atoms with E-state index in [2.05, 4.69) is 15.5 Å². The lowest BCUT2D eigenvalue weighted by Crippen LogP contribution is -2.44. The average Bonchev–Trinajstić information content (AvgIpc) is 2.73. The van der Waals surface area contributed by atoms with Crippen LogP contribution in [0.2, 0.25) is 0 Å². The van der Waals surface area contributed by atoms with Crippen molar-refractivity contribution in [3.05, 3.63) is 59.2 Å². The Morgan fingerprint density at radius 1 is 1.03 bits per heavy atom. The number of rotatable bonds is 6. The van der Waals surface area contributed by atoms with E-state index in [-0.39, 0.29) is 18.0 Å². The molecule has 0 aliphatic carbocycles. The number of aryl methyl sites for hydroxylation is 1. The molecule has 1 aliphatic rings. The number of piperazine rings is 1. The summed E-state index contributed by atoms with van der Waals surface area (Å²) in [7, 11) is 1.97. The SMILES string of the molecule is CC(=O)NC(CC(=O)Nc1ccc(N2CCN(C)CC2)cc1C(F)(F)F)c1ccc(C)cc1. The van der Waals surface area contributed by atoms with Crippen LogP contribution in [-0.4, -0.2) is 49.9 Å². The Morgan fingerprint density at radius 3 is 2.24 bits per heavy atom. The van der Waals surface area contributed by atoms with Crippen LogP contribution in [0.3, 0.4) is 0 Å². The second-order valence-electron chi connectivity index (χ2n) is 8.43. The van der Waals surface area contributed by atoms with Gasteiger partial charge in [0.1, 0.15) is 0 Å². The van der Waals surface area contributed by atoms with Gasteiger partial charge in [-0.3, -0.25) is 9.59 Å². The summed E-state index contributed by atoms with van der Waals surface area (Å²) in [5.74, 6) is -0.951. The zero-order valence-electron chi connectivity index (χ0n) is 19.0. The van der Waals surface area contributed by atoms with Gasteiger partial charge < -0.3 is 20.4 Å². The predicted molar refractivity (Wildman–Crippen MR) is 122 cm³/mol. The van der Waals surface area contributed by atoms with Crippen molar-refractivity contribution in [2.24, 2.45) is 0 Å². The average molecular weight is 463 g/mol. The van der Waals surface area contributed by atoms with Crippen LogP contribution in [-0.2, 0) is 15.8 Å². The van der Waals surface area contributed by atoms with Crippen LogP contribution in [0.1, 0.15) is 36.1 Å². The molecule has 2 N–H and O–H groups in total.